The third-order valence-electron chi connectivity index (χ3n) is 3.17. The molecule has 124 valence electrons. The van der Waals surface area contributed by atoms with Crippen molar-refractivity contribution in [3.63, 3.8) is 0 Å². The first kappa shape index (κ1) is 16.1. The van der Waals surface area contributed by atoms with Crippen molar-refractivity contribution in [1.29, 1.82) is 0 Å². The molecule has 1 aromatic carbocycles. The molecule has 1 amide bonds. The van der Waals surface area contributed by atoms with E-state index in [0.29, 0.717) is 21.9 Å². The highest BCUT2D eigenvalue weighted by Gasteiger charge is 2.13. The average molecular weight is 352 g/mol. The summed E-state index contributed by atoms with van der Waals surface area (Å²) in [4.78, 5) is 12.1. The molecular weight excluding hydrogens is 340 g/mol. The Morgan fingerprint density at radius 2 is 2.17 bits per heavy atom. The summed E-state index contributed by atoms with van der Waals surface area (Å²) in [5, 5.41) is 10.8. The minimum atomic E-state index is -2.78. The number of nitrogens with one attached hydrogen (secondary N) is 1. The van der Waals surface area contributed by atoms with Crippen LogP contribution in [0.5, 0.6) is 0 Å². The molecule has 0 aliphatic carbocycles. The van der Waals surface area contributed by atoms with E-state index in [2.05, 4.69) is 15.5 Å². The van der Waals surface area contributed by atoms with Crippen LogP contribution in [0.15, 0.2) is 48.9 Å². The van der Waals surface area contributed by atoms with Gasteiger partial charge in [0.05, 0.1) is 17.8 Å². The van der Waals surface area contributed by atoms with Crippen LogP contribution in [0, 0.1) is 0 Å². The summed E-state index contributed by atoms with van der Waals surface area (Å²) >= 11 is 5.82. The molecule has 0 fully saturated rings. The van der Waals surface area contributed by atoms with E-state index in [9.17, 15) is 13.6 Å². The molecule has 6 nitrogen and oxygen atoms in total. The molecule has 0 aliphatic heterocycles. The van der Waals surface area contributed by atoms with Crippen molar-refractivity contribution in [2.45, 2.75) is 13.1 Å². The molecule has 1 N–H and O–H groups in total. The topological polar surface area (TPSA) is 64.7 Å². The van der Waals surface area contributed by atoms with Crippen molar-refractivity contribution in [2.75, 3.05) is 5.32 Å². The Hall–Kier alpha value is -2.74. The predicted molar refractivity (Wildman–Crippen MR) is 84.2 cm³/mol. The molecule has 0 bridgehead atoms. The van der Waals surface area contributed by atoms with Crippen LogP contribution in [0.1, 0.15) is 22.6 Å². The number of hydrogen-bond donors (Lipinski definition) is 1. The number of halogens is 3. The summed E-state index contributed by atoms with van der Waals surface area (Å²) in [6.45, 7) is -2.30. The van der Waals surface area contributed by atoms with E-state index in [0.717, 1.165) is 11.8 Å². The summed E-state index contributed by atoms with van der Waals surface area (Å²) < 4.78 is 27.1. The van der Waals surface area contributed by atoms with E-state index in [-0.39, 0.29) is 5.69 Å². The number of benzene rings is 1. The van der Waals surface area contributed by atoms with Crippen LogP contribution in [-0.2, 0) is 6.54 Å². The highest BCUT2D eigenvalue weighted by atomic mass is 35.5. The van der Waals surface area contributed by atoms with Gasteiger partial charge in [-0.05, 0) is 23.8 Å². The average Bonchev–Trinajstić information content (AvgIpc) is 3.17. The Morgan fingerprint density at radius 1 is 1.33 bits per heavy atom. The molecule has 0 saturated heterocycles. The highest BCUT2D eigenvalue weighted by molar-refractivity contribution is 6.30. The van der Waals surface area contributed by atoms with Crippen molar-refractivity contribution >= 4 is 23.2 Å². The van der Waals surface area contributed by atoms with Gasteiger partial charge in [0.1, 0.15) is 0 Å². The highest BCUT2D eigenvalue weighted by Crippen LogP contribution is 2.15. The van der Waals surface area contributed by atoms with Crippen LogP contribution >= 0.6 is 11.6 Å². The SMILES string of the molecule is O=C(Nc1cccc(Cn2cc(Cl)cn2)c1)c1ccn(C(F)F)n1. The fraction of sp³-hybridized carbons (Fsp3) is 0.133. The number of aromatic nitrogens is 4. The van der Waals surface area contributed by atoms with Crippen molar-refractivity contribution < 1.29 is 13.6 Å². The van der Waals surface area contributed by atoms with Gasteiger partial charge in [-0.1, -0.05) is 23.7 Å². The number of nitrogens with zero attached hydrogens (tertiary/aromatic N) is 4. The first-order valence-corrected chi connectivity index (χ1v) is 7.30. The number of hydrogen-bond acceptors (Lipinski definition) is 3. The lowest BCUT2D eigenvalue weighted by atomic mass is 10.2. The molecule has 0 spiro atoms. The summed E-state index contributed by atoms with van der Waals surface area (Å²) in [6, 6.07) is 8.33. The van der Waals surface area contributed by atoms with Gasteiger partial charge in [-0.2, -0.15) is 19.0 Å². The maximum atomic E-state index is 12.5. The van der Waals surface area contributed by atoms with Gasteiger partial charge in [0.15, 0.2) is 5.69 Å². The zero-order valence-electron chi connectivity index (χ0n) is 12.2. The van der Waals surface area contributed by atoms with Crippen molar-refractivity contribution in [2.24, 2.45) is 0 Å². The number of anilines is 1. The molecule has 2 heterocycles. The lowest BCUT2D eigenvalue weighted by Gasteiger charge is -2.07. The quantitative estimate of drug-likeness (QED) is 0.766. The lowest BCUT2D eigenvalue weighted by Crippen LogP contribution is -2.14. The van der Waals surface area contributed by atoms with Gasteiger partial charge in [0.25, 0.3) is 5.91 Å². The molecule has 0 atom stereocenters. The van der Waals surface area contributed by atoms with Crippen molar-refractivity contribution in [3.8, 4) is 0 Å². The van der Waals surface area contributed by atoms with Crippen molar-refractivity contribution in [3.05, 3.63) is 65.2 Å². The van der Waals surface area contributed by atoms with Crippen LogP contribution in [0.25, 0.3) is 0 Å². The minimum Gasteiger partial charge on any atom is -0.321 e. The summed E-state index contributed by atoms with van der Waals surface area (Å²) in [7, 11) is 0. The number of amides is 1. The molecule has 2 aromatic heterocycles. The Kier molecular flexibility index (Phi) is 4.57. The normalized spacial score (nSPS) is 11.0. The monoisotopic (exact) mass is 351 g/mol. The Labute approximate surface area is 140 Å². The molecule has 9 heteroatoms. The smallest absolute Gasteiger partial charge is 0.321 e. The third-order valence-corrected chi connectivity index (χ3v) is 3.37. The molecule has 0 unspecified atom stereocenters. The van der Waals surface area contributed by atoms with Gasteiger partial charge in [0.2, 0.25) is 0 Å². The first-order chi connectivity index (χ1) is 11.5. The zero-order chi connectivity index (χ0) is 17.1. The summed E-state index contributed by atoms with van der Waals surface area (Å²) in [5.41, 5.74) is 1.34. The number of alkyl halides is 2. The van der Waals surface area contributed by atoms with Crippen LogP contribution < -0.4 is 5.32 Å². The Bertz CT molecular complexity index is 861. The third kappa shape index (κ3) is 3.77. The molecule has 0 radical (unpaired) electrons. The number of carbonyl (C=O) groups is 1. The van der Waals surface area contributed by atoms with E-state index >= 15 is 0 Å². The maximum Gasteiger partial charge on any atom is 0.333 e. The van der Waals surface area contributed by atoms with Gasteiger partial charge in [-0.3, -0.25) is 9.48 Å². The second-order valence-corrected chi connectivity index (χ2v) is 5.41. The van der Waals surface area contributed by atoms with E-state index in [4.69, 9.17) is 11.6 Å². The van der Waals surface area contributed by atoms with Gasteiger partial charge in [0, 0.05) is 18.1 Å². The summed E-state index contributed by atoms with van der Waals surface area (Å²) in [6.07, 6.45) is 4.27. The summed E-state index contributed by atoms with van der Waals surface area (Å²) in [5.74, 6) is -0.561. The molecule has 0 saturated carbocycles. The molecular formula is C15H12ClF2N5O. The standard InChI is InChI=1S/C15H12ClF2N5O/c16-11-7-19-22(9-11)8-10-2-1-3-12(6-10)20-14(24)13-4-5-23(21-13)15(17)18/h1-7,9,15H,8H2,(H,20,24). The lowest BCUT2D eigenvalue weighted by molar-refractivity contribution is 0.0561. The maximum absolute atomic E-state index is 12.5. The van der Waals surface area contributed by atoms with E-state index < -0.39 is 12.5 Å². The predicted octanol–water partition coefficient (Wildman–Crippen LogP) is 3.43. The van der Waals surface area contributed by atoms with Gasteiger partial charge < -0.3 is 5.32 Å². The molecule has 0 aliphatic rings. The fourth-order valence-corrected chi connectivity index (χ4v) is 2.28. The second kappa shape index (κ2) is 6.79. The number of rotatable bonds is 5. The second-order valence-electron chi connectivity index (χ2n) is 4.97. The Morgan fingerprint density at radius 3 is 2.83 bits per heavy atom. The van der Waals surface area contributed by atoms with Gasteiger partial charge >= 0.3 is 6.55 Å². The molecule has 3 rings (SSSR count). The van der Waals surface area contributed by atoms with Crippen molar-refractivity contribution in [1.82, 2.24) is 19.6 Å². The van der Waals surface area contributed by atoms with Crippen LogP contribution in [0.3, 0.4) is 0 Å². The van der Waals surface area contributed by atoms with Gasteiger partial charge in [-0.25, -0.2) is 4.68 Å². The first-order valence-electron chi connectivity index (χ1n) is 6.93. The zero-order valence-corrected chi connectivity index (χ0v) is 13.0. The van der Waals surface area contributed by atoms with E-state index in [1.165, 1.54) is 12.3 Å². The largest absolute Gasteiger partial charge is 0.333 e. The van der Waals surface area contributed by atoms with E-state index in [1.807, 2.05) is 6.07 Å². The van der Waals surface area contributed by atoms with Crippen LogP contribution in [0.2, 0.25) is 5.02 Å². The van der Waals surface area contributed by atoms with Crippen LogP contribution in [0.4, 0.5) is 14.5 Å². The minimum absolute atomic E-state index is 0.0837. The van der Waals surface area contributed by atoms with Crippen LogP contribution in [-0.4, -0.2) is 25.5 Å². The van der Waals surface area contributed by atoms with Gasteiger partial charge in [-0.15, -0.1) is 0 Å². The molecule has 24 heavy (non-hydrogen) atoms. The van der Waals surface area contributed by atoms with E-state index in [1.54, 1.807) is 29.1 Å². The molecule has 3 aromatic rings. The Balaban J connectivity index is 1.70. The fourth-order valence-electron chi connectivity index (χ4n) is 2.12. The number of carbonyl (C=O) groups excluding carboxylic acids is 1.